The van der Waals surface area contributed by atoms with Crippen LogP contribution in [0.1, 0.15) is 42.0 Å². The number of pyridine rings is 1. The van der Waals surface area contributed by atoms with Crippen LogP contribution in [0.2, 0.25) is 0 Å². The molecule has 3 heterocycles. The third-order valence-corrected chi connectivity index (χ3v) is 7.83. The van der Waals surface area contributed by atoms with E-state index in [9.17, 15) is 8.42 Å². The van der Waals surface area contributed by atoms with Crippen molar-refractivity contribution in [3.8, 4) is 0 Å². The van der Waals surface area contributed by atoms with Crippen LogP contribution < -0.4 is 4.90 Å². The number of piperidine rings is 1. The molecule has 0 N–H and O–H groups in total. The molecule has 2 aliphatic rings. The summed E-state index contributed by atoms with van der Waals surface area (Å²) in [7, 11) is -3.54. The molecule has 1 atom stereocenters. The van der Waals surface area contributed by atoms with E-state index in [2.05, 4.69) is 22.9 Å². The van der Waals surface area contributed by atoms with Gasteiger partial charge in [-0.05, 0) is 56.0 Å². The molecule has 0 amide bonds. The smallest absolute Gasteiger partial charge is 0.243 e. The lowest BCUT2D eigenvalue weighted by Gasteiger charge is -2.36. The van der Waals surface area contributed by atoms with E-state index >= 15 is 0 Å². The lowest BCUT2D eigenvalue weighted by atomic mass is 9.95. The summed E-state index contributed by atoms with van der Waals surface area (Å²) in [4.78, 5) is 7.28. The summed E-state index contributed by atoms with van der Waals surface area (Å²) in [5.41, 5.74) is 3.16. The Labute approximate surface area is 173 Å². The Morgan fingerprint density at radius 3 is 2.45 bits per heavy atom. The molecular weight excluding hydrogens is 386 g/mol. The average Bonchev–Trinajstić information content (AvgIpc) is 2.75. The van der Waals surface area contributed by atoms with Crippen molar-refractivity contribution >= 4 is 15.8 Å². The molecule has 2 aliphatic heterocycles. The van der Waals surface area contributed by atoms with Crippen LogP contribution in [0, 0.1) is 13.8 Å². The summed E-state index contributed by atoms with van der Waals surface area (Å²) in [6, 6.07) is 9.06. The maximum Gasteiger partial charge on any atom is 0.243 e. The zero-order valence-corrected chi connectivity index (χ0v) is 18.0. The minimum Gasteiger partial charge on any atom is -0.378 e. The fourth-order valence-electron chi connectivity index (χ4n) is 4.22. The Morgan fingerprint density at radius 2 is 1.76 bits per heavy atom. The molecule has 0 unspecified atom stereocenters. The van der Waals surface area contributed by atoms with Gasteiger partial charge >= 0.3 is 0 Å². The highest BCUT2D eigenvalue weighted by molar-refractivity contribution is 7.89. The van der Waals surface area contributed by atoms with Gasteiger partial charge in [0, 0.05) is 25.8 Å². The molecule has 2 fully saturated rings. The van der Waals surface area contributed by atoms with Crippen LogP contribution >= 0.6 is 0 Å². The lowest BCUT2D eigenvalue weighted by molar-refractivity contribution is 0.122. The minimum atomic E-state index is -3.54. The van der Waals surface area contributed by atoms with E-state index in [4.69, 9.17) is 4.74 Å². The molecule has 0 radical (unpaired) electrons. The van der Waals surface area contributed by atoms with E-state index in [1.807, 2.05) is 25.3 Å². The van der Waals surface area contributed by atoms with Gasteiger partial charge in [-0.1, -0.05) is 24.1 Å². The summed E-state index contributed by atoms with van der Waals surface area (Å²) in [6.07, 6.45) is 4.62. The number of sulfonamides is 1. The second kappa shape index (κ2) is 8.42. The van der Waals surface area contributed by atoms with Crippen LogP contribution in [0.25, 0.3) is 0 Å². The zero-order chi connectivity index (χ0) is 20.4. The Balaban J connectivity index is 1.64. The molecule has 0 aliphatic carbocycles. The van der Waals surface area contributed by atoms with Crippen molar-refractivity contribution in [1.29, 1.82) is 0 Å². The molecule has 1 aromatic carbocycles. The molecule has 4 rings (SSSR count). The standard InChI is InChI=1S/C22H29N3O3S/c1-17-6-8-19(9-7-17)29(26,27)25-10-4-3-5-21(25)20-16-23-22(15-18(20)2)24-11-13-28-14-12-24/h6-9,15-16,21H,3-5,10-14H2,1-2H3/t21-/m0/s1. The fraction of sp³-hybridized carbons (Fsp3) is 0.500. The van der Waals surface area contributed by atoms with Gasteiger partial charge in [0.15, 0.2) is 0 Å². The second-order valence-electron chi connectivity index (χ2n) is 7.94. The number of rotatable bonds is 4. The van der Waals surface area contributed by atoms with Crippen molar-refractivity contribution in [1.82, 2.24) is 9.29 Å². The van der Waals surface area contributed by atoms with Crippen molar-refractivity contribution in [3.63, 3.8) is 0 Å². The first-order valence-electron chi connectivity index (χ1n) is 10.3. The number of aryl methyl sites for hydroxylation is 2. The number of anilines is 1. The number of nitrogens with zero attached hydrogens (tertiary/aromatic N) is 3. The molecule has 0 bridgehead atoms. The molecule has 2 aromatic rings. The highest BCUT2D eigenvalue weighted by Crippen LogP contribution is 2.37. The predicted octanol–water partition coefficient (Wildman–Crippen LogP) is 3.45. The fourth-order valence-corrected chi connectivity index (χ4v) is 5.89. The van der Waals surface area contributed by atoms with E-state index in [1.54, 1.807) is 16.4 Å². The van der Waals surface area contributed by atoms with E-state index in [1.165, 1.54) is 0 Å². The Bertz CT molecular complexity index is 954. The van der Waals surface area contributed by atoms with Gasteiger partial charge < -0.3 is 9.64 Å². The summed E-state index contributed by atoms with van der Waals surface area (Å²) < 4.78 is 33.9. The van der Waals surface area contributed by atoms with Gasteiger partial charge in [0.25, 0.3) is 0 Å². The normalized spacial score (nSPS) is 21.3. The molecule has 1 aromatic heterocycles. The maximum atomic E-state index is 13.4. The number of morpholine rings is 1. The molecule has 0 spiro atoms. The monoisotopic (exact) mass is 415 g/mol. The highest BCUT2D eigenvalue weighted by Gasteiger charge is 2.35. The molecule has 6 nitrogen and oxygen atoms in total. The summed E-state index contributed by atoms with van der Waals surface area (Å²) in [6.45, 7) is 7.68. The van der Waals surface area contributed by atoms with Crippen molar-refractivity contribution in [2.45, 2.75) is 44.0 Å². The topological polar surface area (TPSA) is 62.7 Å². The average molecular weight is 416 g/mol. The number of ether oxygens (including phenoxy) is 1. The first-order chi connectivity index (χ1) is 14.0. The SMILES string of the molecule is Cc1ccc(S(=O)(=O)N2CCCC[C@H]2c2cnc(N3CCOCC3)cc2C)cc1. The van der Waals surface area contributed by atoms with Crippen molar-refractivity contribution in [3.05, 3.63) is 53.2 Å². The van der Waals surface area contributed by atoms with Crippen LogP contribution in [0.3, 0.4) is 0 Å². The molecule has 29 heavy (non-hydrogen) atoms. The van der Waals surface area contributed by atoms with Gasteiger partial charge in [-0.3, -0.25) is 0 Å². The molecule has 0 saturated carbocycles. The highest BCUT2D eigenvalue weighted by atomic mass is 32.2. The van der Waals surface area contributed by atoms with Crippen LogP contribution in [0.4, 0.5) is 5.82 Å². The molecule has 156 valence electrons. The number of hydrogen-bond donors (Lipinski definition) is 0. The van der Waals surface area contributed by atoms with Crippen LogP contribution in [-0.4, -0.2) is 50.6 Å². The lowest BCUT2D eigenvalue weighted by Crippen LogP contribution is -2.39. The van der Waals surface area contributed by atoms with Crippen molar-refractivity contribution in [2.24, 2.45) is 0 Å². The van der Waals surface area contributed by atoms with Crippen molar-refractivity contribution < 1.29 is 13.2 Å². The van der Waals surface area contributed by atoms with Crippen molar-refractivity contribution in [2.75, 3.05) is 37.7 Å². The molecule has 2 saturated heterocycles. The van der Waals surface area contributed by atoms with Crippen LogP contribution in [0.5, 0.6) is 0 Å². The molecular formula is C22H29N3O3S. The Kier molecular flexibility index (Phi) is 5.90. The maximum absolute atomic E-state index is 13.4. The van der Waals surface area contributed by atoms with Gasteiger partial charge in [-0.15, -0.1) is 0 Å². The summed E-state index contributed by atoms with van der Waals surface area (Å²) >= 11 is 0. The summed E-state index contributed by atoms with van der Waals surface area (Å²) in [5.74, 6) is 0.943. The minimum absolute atomic E-state index is 0.165. The number of hydrogen-bond acceptors (Lipinski definition) is 5. The molecule has 7 heteroatoms. The van der Waals surface area contributed by atoms with Gasteiger partial charge in [-0.2, -0.15) is 4.31 Å². The van der Waals surface area contributed by atoms with Gasteiger partial charge in [0.05, 0.1) is 24.2 Å². The number of benzene rings is 1. The predicted molar refractivity (Wildman–Crippen MR) is 114 cm³/mol. The largest absolute Gasteiger partial charge is 0.378 e. The van der Waals surface area contributed by atoms with E-state index in [0.717, 1.165) is 54.9 Å². The summed E-state index contributed by atoms with van der Waals surface area (Å²) in [5, 5.41) is 0. The van der Waals surface area contributed by atoms with Crippen LogP contribution in [0.15, 0.2) is 41.4 Å². The number of aromatic nitrogens is 1. The Morgan fingerprint density at radius 1 is 1.03 bits per heavy atom. The van der Waals surface area contributed by atoms with E-state index in [0.29, 0.717) is 24.7 Å². The van der Waals surface area contributed by atoms with Gasteiger partial charge in [0.1, 0.15) is 5.82 Å². The van der Waals surface area contributed by atoms with E-state index in [-0.39, 0.29) is 6.04 Å². The van der Waals surface area contributed by atoms with Gasteiger partial charge in [0.2, 0.25) is 10.0 Å². The quantitative estimate of drug-likeness (QED) is 0.765. The van der Waals surface area contributed by atoms with Gasteiger partial charge in [-0.25, -0.2) is 13.4 Å². The second-order valence-corrected chi connectivity index (χ2v) is 9.83. The third kappa shape index (κ3) is 4.17. The zero-order valence-electron chi connectivity index (χ0n) is 17.2. The van der Waals surface area contributed by atoms with E-state index < -0.39 is 10.0 Å². The third-order valence-electron chi connectivity index (χ3n) is 5.91. The first-order valence-corrected chi connectivity index (χ1v) is 11.8. The Hall–Kier alpha value is -1.96. The van der Waals surface area contributed by atoms with Crippen LogP contribution in [-0.2, 0) is 14.8 Å². The first kappa shape index (κ1) is 20.3.